The molecule has 3 nitrogen and oxygen atoms in total. The molecule has 80 valence electrons. The SMILES string of the molecule is O=C(O)[N+]1(c2ccccc2)CCCCC1. The maximum Gasteiger partial charge on any atom is 0.518 e. The van der Waals surface area contributed by atoms with Crippen LogP contribution in [0.4, 0.5) is 10.5 Å². The van der Waals surface area contributed by atoms with Crippen LogP contribution in [0.25, 0.3) is 0 Å². The van der Waals surface area contributed by atoms with Gasteiger partial charge < -0.3 is 5.11 Å². The van der Waals surface area contributed by atoms with Gasteiger partial charge in [-0.2, -0.15) is 9.28 Å². The van der Waals surface area contributed by atoms with E-state index in [1.807, 2.05) is 30.3 Å². The fourth-order valence-corrected chi connectivity index (χ4v) is 2.33. The molecule has 0 aliphatic carbocycles. The van der Waals surface area contributed by atoms with Crippen LogP contribution >= 0.6 is 0 Å². The van der Waals surface area contributed by atoms with E-state index in [0.717, 1.165) is 38.0 Å². The standard InChI is InChI=1S/C12H15NO2/c14-12(15)13(9-5-2-6-10-13)11-7-3-1-4-8-11/h1,3-4,7-8H,2,5-6,9-10H2/p+1. The second-order valence-electron chi connectivity index (χ2n) is 4.09. The predicted octanol–water partition coefficient (Wildman–Crippen LogP) is 2.86. The number of hydrogen-bond acceptors (Lipinski definition) is 1. The largest absolute Gasteiger partial charge is 0.518 e. The lowest BCUT2D eigenvalue weighted by Gasteiger charge is -2.35. The molecule has 0 atom stereocenters. The van der Waals surface area contributed by atoms with E-state index in [1.165, 1.54) is 0 Å². The van der Waals surface area contributed by atoms with Gasteiger partial charge in [0.2, 0.25) is 0 Å². The van der Waals surface area contributed by atoms with E-state index in [9.17, 15) is 9.90 Å². The molecule has 1 amide bonds. The Kier molecular flexibility index (Phi) is 2.73. The summed E-state index contributed by atoms with van der Waals surface area (Å²) in [6.45, 7) is 1.44. The molecule has 1 N–H and O–H groups in total. The summed E-state index contributed by atoms with van der Waals surface area (Å²) in [6.07, 6.45) is 2.43. The number of carbonyl (C=O) groups is 1. The number of amides is 1. The molecule has 15 heavy (non-hydrogen) atoms. The van der Waals surface area contributed by atoms with Gasteiger partial charge in [0.15, 0.2) is 0 Å². The molecule has 0 spiro atoms. The second-order valence-corrected chi connectivity index (χ2v) is 4.09. The highest BCUT2D eigenvalue weighted by molar-refractivity contribution is 5.80. The fraction of sp³-hybridized carbons (Fsp3) is 0.417. The zero-order chi connectivity index (χ0) is 10.7. The van der Waals surface area contributed by atoms with Crippen LogP contribution in [0.1, 0.15) is 19.3 Å². The van der Waals surface area contributed by atoms with Crippen molar-refractivity contribution in [1.29, 1.82) is 0 Å². The molecule has 1 aliphatic rings. The van der Waals surface area contributed by atoms with Crippen LogP contribution in [0.2, 0.25) is 0 Å². The summed E-state index contributed by atoms with van der Waals surface area (Å²) in [7, 11) is 0. The van der Waals surface area contributed by atoms with Crippen molar-refractivity contribution in [2.45, 2.75) is 19.3 Å². The van der Waals surface area contributed by atoms with Gasteiger partial charge in [0.1, 0.15) is 5.69 Å². The van der Waals surface area contributed by atoms with Crippen molar-refractivity contribution >= 4 is 11.8 Å². The lowest BCUT2D eigenvalue weighted by molar-refractivity contribution is 0.137. The lowest BCUT2D eigenvalue weighted by Crippen LogP contribution is -2.56. The molecule has 3 heteroatoms. The van der Waals surface area contributed by atoms with Gasteiger partial charge in [-0.15, -0.1) is 0 Å². The molecule has 1 aromatic carbocycles. The van der Waals surface area contributed by atoms with Crippen molar-refractivity contribution < 1.29 is 9.90 Å². The number of piperidine rings is 1. The average Bonchev–Trinajstić information content (AvgIpc) is 2.31. The first-order valence-electron chi connectivity index (χ1n) is 5.42. The summed E-state index contributed by atoms with van der Waals surface area (Å²) in [5.74, 6) is 0. The number of hydrogen-bond donors (Lipinski definition) is 1. The minimum Gasteiger partial charge on any atom is -0.435 e. The molecule has 0 saturated carbocycles. The Hall–Kier alpha value is -1.35. The van der Waals surface area contributed by atoms with Gasteiger partial charge in [-0.25, -0.2) is 0 Å². The van der Waals surface area contributed by atoms with Gasteiger partial charge in [-0.3, -0.25) is 0 Å². The third-order valence-corrected chi connectivity index (χ3v) is 3.20. The number of nitrogens with zero attached hydrogens (tertiary/aromatic N) is 1. The predicted molar refractivity (Wildman–Crippen MR) is 59.8 cm³/mol. The number of quaternary nitrogens is 1. The Labute approximate surface area is 89.5 Å². The van der Waals surface area contributed by atoms with Crippen LogP contribution in [0, 0.1) is 0 Å². The Morgan fingerprint density at radius 3 is 2.20 bits per heavy atom. The maximum absolute atomic E-state index is 11.4. The molecule has 1 aromatic rings. The first-order valence-corrected chi connectivity index (χ1v) is 5.42. The van der Waals surface area contributed by atoms with Gasteiger partial charge >= 0.3 is 6.09 Å². The van der Waals surface area contributed by atoms with Crippen molar-refractivity contribution in [2.24, 2.45) is 0 Å². The summed E-state index contributed by atoms with van der Waals surface area (Å²) in [5.41, 5.74) is 0.907. The fourth-order valence-electron chi connectivity index (χ4n) is 2.33. The number of likely N-dealkylation sites (tertiary alicyclic amines) is 1. The van der Waals surface area contributed by atoms with Crippen LogP contribution < -0.4 is 4.48 Å². The molecular formula is C12H16NO2+. The van der Waals surface area contributed by atoms with Crippen LogP contribution in [0.15, 0.2) is 30.3 Å². The number of para-hydroxylation sites is 1. The molecule has 1 heterocycles. The lowest BCUT2D eigenvalue weighted by atomic mass is 10.1. The Morgan fingerprint density at radius 1 is 1.07 bits per heavy atom. The Bertz CT molecular complexity index is 342. The summed E-state index contributed by atoms with van der Waals surface area (Å²) in [4.78, 5) is 11.4. The van der Waals surface area contributed by atoms with E-state index in [4.69, 9.17) is 0 Å². The quantitative estimate of drug-likeness (QED) is 0.717. The van der Waals surface area contributed by atoms with Crippen molar-refractivity contribution in [1.82, 2.24) is 4.48 Å². The van der Waals surface area contributed by atoms with Gasteiger partial charge in [0.25, 0.3) is 0 Å². The highest BCUT2D eigenvalue weighted by Gasteiger charge is 2.40. The normalized spacial score (nSPS) is 19.7. The van der Waals surface area contributed by atoms with Gasteiger partial charge in [0, 0.05) is 0 Å². The molecule has 0 bridgehead atoms. The molecule has 2 rings (SSSR count). The van der Waals surface area contributed by atoms with Gasteiger partial charge in [-0.1, -0.05) is 18.2 Å². The molecule has 1 fully saturated rings. The maximum atomic E-state index is 11.4. The zero-order valence-corrected chi connectivity index (χ0v) is 8.72. The van der Waals surface area contributed by atoms with Gasteiger partial charge in [0.05, 0.1) is 13.1 Å². The third-order valence-electron chi connectivity index (χ3n) is 3.20. The monoisotopic (exact) mass is 206 g/mol. The first kappa shape index (κ1) is 10.2. The topological polar surface area (TPSA) is 37.3 Å². The van der Waals surface area contributed by atoms with Crippen LogP contribution in [0.3, 0.4) is 0 Å². The Morgan fingerprint density at radius 2 is 1.67 bits per heavy atom. The van der Waals surface area contributed by atoms with Gasteiger partial charge in [-0.05, 0) is 31.4 Å². The van der Waals surface area contributed by atoms with E-state index < -0.39 is 6.09 Å². The molecule has 0 aromatic heterocycles. The number of rotatable bonds is 1. The van der Waals surface area contributed by atoms with Crippen molar-refractivity contribution in [3.8, 4) is 0 Å². The summed E-state index contributed by atoms with van der Waals surface area (Å²) in [5, 5.41) is 9.41. The van der Waals surface area contributed by atoms with E-state index in [2.05, 4.69) is 0 Å². The van der Waals surface area contributed by atoms with Crippen molar-refractivity contribution in [2.75, 3.05) is 13.1 Å². The average molecular weight is 206 g/mol. The number of benzene rings is 1. The van der Waals surface area contributed by atoms with E-state index in [1.54, 1.807) is 0 Å². The van der Waals surface area contributed by atoms with Crippen molar-refractivity contribution in [3.63, 3.8) is 0 Å². The Balaban J connectivity index is 2.38. The first-order chi connectivity index (χ1) is 7.26. The van der Waals surface area contributed by atoms with Crippen LogP contribution in [-0.4, -0.2) is 24.3 Å². The second kappa shape index (κ2) is 4.03. The van der Waals surface area contributed by atoms with E-state index in [-0.39, 0.29) is 4.48 Å². The highest BCUT2D eigenvalue weighted by Crippen LogP contribution is 2.28. The van der Waals surface area contributed by atoms with Crippen LogP contribution in [-0.2, 0) is 0 Å². The number of carboxylic acid groups (broad SMARTS) is 1. The zero-order valence-electron chi connectivity index (χ0n) is 8.72. The van der Waals surface area contributed by atoms with Crippen molar-refractivity contribution in [3.05, 3.63) is 30.3 Å². The molecule has 1 saturated heterocycles. The van der Waals surface area contributed by atoms with Crippen LogP contribution in [0.5, 0.6) is 0 Å². The summed E-state index contributed by atoms with van der Waals surface area (Å²) < 4.78 is 0.112. The molecule has 1 aliphatic heterocycles. The molecular weight excluding hydrogens is 190 g/mol. The minimum atomic E-state index is -0.721. The summed E-state index contributed by atoms with van der Waals surface area (Å²) >= 11 is 0. The van der Waals surface area contributed by atoms with E-state index >= 15 is 0 Å². The molecule has 0 unspecified atom stereocenters. The smallest absolute Gasteiger partial charge is 0.435 e. The van der Waals surface area contributed by atoms with E-state index in [0.29, 0.717) is 0 Å². The third kappa shape index (κ3) is 1.75. The molecule has 0 radical (unpaired) electrons. The summed E-state index contributed by atoms with van der Waals surface area (Å²) in [6, 6.07) is 9.57. The highest BCUT2D eigenvalue weighted by atomic mass is 16.4. The minimum absolute atomic E-state index is 0.112.